The van der Waals surface area contributed by atoms with E-state index in [9.17, 15) is 4.79 Å². The number of rotatable bonds is 3. The van der Waals surface area contributed by atoms with Gasteiger partial charge in [-0.05, 0) is 40.8 Å². The molecule has 0 amide bonds. The van der Waals surface area contributed by atoms with Crippen LogP contribution in [0.25, 0.3) is 6.08 Å². The molecule has 114 valence electrons. The Morgan fingerprint density at radius 1 is 1.05 bits per heavy atom. The molecule has 0 spiro atoms. The zero-order chi connectivity index (χ0) is 16.2. The predicted octanol–water partition coefficient (Wildman–Crippen LogP) is 5.26. The van der Waals surface area contributed by atoms with Crippen LogP contribution in [0.1, 0.15) is 31.9 Å². The Kier molecular flexibility index (Phi) is 5.04. The largest absolute Gasteiger partial charge is 0.423 e. The van der Waals surface area contributed by atoms with E-state index in [1.807, 2.05) is 42.5 Å². The van der Waals surface area contributed by atoms with E-state index in [1.54, 1.807) is 12.1 Å². The Balaban J connectivity index is 2.02. The SMILES string of the molecule is CC(C)(C)c1ccc(OC(=O)C=Cc2ccccc2Cl)cc1. The van der Waals surface area contributed by atoms with Crippen molar-refractivity contribution in [1.82, 2.24) is 0 Å². The number of esters is 1. The molecule has 2 aromatic carbocycles. The fourth-order valence-electron chi connectivity index (χ4n) is 1.94. The van der Waals surface area contributed by atoms with Gasteiger partial charge in [-0.1, -0.05) is 62.7 Å². The summed E-state index contributed by atoms with van der Waals surface area (Å²) < 4.78 is 5.27. The molecule has 0 unspecified atom stereocenters. The number of hydrogen-bond acceptors (Lipinski definition) is 2. The standard InChI is InChI=1S/C19H19ClO2/c1-19(2,3)15-9-11-16(12-10-15)22-18(21)13-8-14-6-4-5-7-17(14)20/h4-13H,1-3H3. The molecule has 0 aliphatic rings. The average Bonchev–Trinajstić information content (AvgIpc) is 2.46. The lowest BCUT2D eigenvalue weighted by atomic mass is 9.87. The minimum atomic E-state index is -0.427. The van der Waals surface area contributed by atoms with Crippen molar-refractivity contribution in [1.29, 1.82) is 0 Å². The van der Waals surface area contributed by atoms with Crippen molar-refractivity contribution in [3.05, 3.63) is 70.8 Å². The Hall–Kier alpha value is -2.06. The third-order valence-electron chi connectivity index (χ3n) is 3.24. The molecule has 0 atom stereocenters. The summed E-state index contributed by atoms with van der Waals surface area (Å²) in [5, 5.41) is 0.598. The van der Waals surface area contributed by atoms with Gasteiger partial charge in [-0.2, -0.15) is 0 Å². The van der Waals surface area contributed by atoms with Gasteiger partial charge in [-0.3, -0.25) is 0 Å². The molecular weight excluding hydrogens is 296 g/mol. The first-order chi connectivity index (χ1) is 10.4. The normalized spacial score (nSPS) is 11.6. The zero-order valence-electron chi connectivity index (χ0n) is 13.0. The van der Waals surface area contributed by atoms with Crippen molar-refractivity contribution >= 4 is 23.6 Å². The van der Waals surface area contributed by atoms with E-state index in [2.05, 4.69) is 20.8 Å². The van der Waals surface area contributed by atoms with E-state index in [0.29, 0.717) is 10.8 Å². The highest BCUT2D eigenvalue weighted by molar-refractivity contribution is 6.32. The van der Waals surface area contributed by atoms with E-state index in [4.69, 9.17) is 16.3 Å². The van der Waals surface area contributed by atoms with Crippen LogP contribution in [0.5, 0.6) is 5.75 Å². The minimum Gasteiger partial charge on any atom is -0.423 e. The zero-order valence-corrected chi connectivity index (χ0v) is 13.7. The molecule has 3 heteroatoms. The highest BCUT2D eigenvalue weighted by atomic mass is 35.5. The van der Waals surface area contributed by atoms with Gasteiger partial charge in [-0.25, -0.2) is 4.79 Å². The van der Waals surface area contributed by atoms with Crippen LogP contribution in [0, 0.1) is 0 Å². The van der Waals surface area contributed by atoms with Crippen molar-refractivity contribution < 1.29 is 9.53 Å². The van der Waals surface area contributed by atoms with Crippen LogP contribution in [0.4, 0.5) is 0 Å². The van der Waals surface area contributed by atoms with Crippen molar-refractivity contribution in [2.45, 2.75) is 26.2 Å². The summed E-state index contributed by atoms with van der Waals surface area (Å²) in [5.41, 5.74) is 2.05. The molecule has 22 heavy (non-hydrogen) atoms. The van der Waals surface area contributed by atoms with E-state index >= 15 is 0 Å². The molecule has 0 heterocycles. The molecule has 0 bridgehead atoms. The van der Waals surface area contributed by atoms with Gasteiger partial charge in [0.15, 0.2) is 0 Å². The van der Waals surface area contributed by atoms with Crippen molar-refractivity contribution in [2.24, 2.45) is 0 Å². The fraction of sp³-hybridized carbons (Fsp3) is 0.211. The molecule has 2 nitrogen and oxygen atoms in total. The van der Waals surface area contributed by atoms with Crippen LogP contribution in [-0.4, -0.2) is 5.97 Å². The number of hydrogen-bond donors (Lipinski definition) is 0. The van der Waals surface area contributed by atoms with Crippen LogP contribution in [0.15, 0.2) is 54.6 Å². The van der Waals surface area contributed by atoms with Crippen molar-refractivity contribution in [3.8, 4) is 5.75 Å². The number of ether oxygens (including phenoxy) is 1. The maximum absolute atomic E-state index is 11.8. The summed E-state index contributed by atoms with van der Waals surface area (Å²) in [6.07, 6.45) is 3.02. The lowest BCUT2D eigenvalue weighted by Crippen LogP contribution is -2.11. The van der Waals surface area contributed by atoms with Gasteiger partial charge in [0.25, 0.3) is 0 Å². The molecular formula is C19H19ClO2. The molecule has 0 saturated heterocycles. The van der Waals surface area contributed by atoms with Gasteiger partial charge in [0.2, 0.25) is 0 Å². The summed E-state index contributed by atoms with van der Waals surface area (Å²) in [6.45, 7) is 6.42. The molecule has 0 N–H and O–H groups in total. The third kappa shape index (κ3) is 4.47. The van der Waals surface area contributed by atoms with E-state index in [0.717, 1.165) is 5.56 Å². The first kappa shape index (κ1) is 16.3. The molecule has 0 saturated carbocycles. The summed E-state index contributed by atoms with van der Waals surface area (Å²) in [5.74, 6) is 0.102. The van der Waals surface area contributed by atoms with Gasteiger partial charge in [-0.15, -0.1) is 0 Å². The average molecular weight is 315 g/mol. The molecule has 0 fully saturated rings. The number of benzene rings is 2. The van der Waals surface area contributed by atoms with Gasteiger partial charge in [0.05, 0.1) is 0 Å². The Morgan fingerprint density at radius 3 is 2.27 bits per heavy atom. The Morgan fingerprint density at radius 2 is 1.68 bits per heavy atom. The van der Waals surface area contributed by atoms with Crippen molar-refractivity contribution in [3.63, 3.8) is 0 Å². The second-order valence-electron chi connectivity index (χ2n) is 6.05. The van der Waals surface area contributed by atoms with Crippen LogP contribution in [0.3, 0.4) is 0 Å². The molecule has 0 aromatic heterocycles. The molecule has 0 radical (unpaired) electrons. The van der Waals surface area contributed by atoms with E-state index < -0.39 is 5.97 Å². The lowest BCUT2D eigenvalue weighted by Gasteiger charge is -2.18. The van der Waals surface area contributed by atoms with Crippen LogP contribution >= 0.6 is 11.6 Å². The maximum Gasteiger partial charge on any atom is 0.336 e. The smallest absolute Gasteiger partial charge is 0.336 e. The first-order valence-corrected chi connectivity index (χ1v) is 7.49. The van der Waals surface area contributed by atoms with Gasteiger partial charge < -0.3 is 4.74 Å². The Bertz CT molecular complexity index is 679. The minimum absolute atomic E-state index is 0.0759. The second-order valence-corrected chi connectivity index (χ2v) is 6.46. The second kappa shape index (κ2) is 6.80. The summed E-state index contributed by atoms with van der Waals surface area (Å²) >= 11 is 6.02. The van der Waals surface area contributed by atoms with Crippen LogP contribution in [-0.2, 0) is 10.2 Å². The number of carbonyl (C=O) groups is 1. The lowest BCUT2D eigenvalue weighted by molar-refractivity contribution is -0.128. The monoisotopic (exact) mass is 314 g/mol. The highest BCUT2D eigenvalue weighted by Gasteiger charge is 2.13. The predicted molar refractivity (Wildman–Crippen MR) is 91.3 cm³/mol. The van der Waals surface area contributed by atoms with Crippen molar-refractivity contribution in [2.75, 3.05) is 0 Å². The van der Waals surface area contributed by atoms with Gasteiger partial charge >= 0.3 is 5.97 Å². The topological polar surface area (TPSA) is 26.3 Å². The van der Waals surface area contributed by atoms with Crippen LogP contribution in [0.2, 0.25) is 5.02 Å². The third-order valence-corrected chi connectivity index (χ3v) is 3.59. The summed E-state index contributed by atoms with van der Waals surface area (Å²) in [6, 6.07) is 14.9. The van der Waals surface area contributed by atoms with E-state index in [-0.39, 0.29) is 5.41 Å². The number of halogens is 1. The quantitative estimate of drug-likeness (QED) is 0.439. The molecule has 2 aromatic rings. The maximum atomic E-state index is 11.8. The highest BCUT2D eigenvalue weighted by Crippen LogP contribution is 2.24. The number of carbonyl (C=O) groups excluding carboxylic acids is 1. The molecule has 0 aliphatic heterocycles. The summed E-state index contributed by atoms with van der Waals surface area (Å²) in [4.78, 5) is 11.8. The van der Waals surface area contributed by atoms with Gasteiger partial charge in [0, 0.05) is 11.1 Å². The first-order valence-electron chi connectivity index (χ1n) is 7.11. The van der Waals surface area contributed by atoms with Gasteiger partial charge in [0.1, 0.15) is 5.75 Å². The van der Waals surface area contributed by atoms with Crippen LogP contribution < -0.4 is 4.74 Å². The van der Waals surface area contributed by atoms with E-state index in [1.165, 1.54) is 11.6 Å². The summed E-state index contributed by atoms with van der Waals surface area (Å²) in [7, 11) is 0. The Labute approximate surface area is 136 Å². The molecule has 0 aliphatic carbocycles. The molecule has 2 rings (SSSR count). The fourth-order valence-corrected chi connectivity index (χ4v) is 2.14.